The summed E-state index contributed by atoms with van der Waals surface area (Å²) in [5.74, 6) is 0.604. The topological polar surface area (TPSA) is 26.3 Å². The van der Waals surface area contributed by atoms with Gasteiger partial charge in [0.05, 0.1) is 5.92 Å². The predicted octanol–water partition coefficient (Wildman–Crippen LogP) is 5.92. The van der Waals surface area contributed by atoms with Crippen molar-refractivity contribution >= 4 is 11.5 Å². The van der Waals surface area contributed by atoms with Crippen LogP contribution in [0.15, 0.2) is 42.2 Å². The molecule has 1 aliphatic carbocycles. The van der Waals surface area contributed by atoms with E-state index in [2.05, 4.69) is 52.0 Å². The molecule has 0 aromatic heterocycles. The number of ether oxygens (including phenoxy) is 1. The number of aryl methyl sites for hydroxylation is 1. The predicted molar refractivity (Wildman–Crippen MR) is 97.9 cm³/mol. The summed E-state index contributed by atoms with van der Waals surface area (Å²) in [6, 6.07) is 8.39. The van der Waals surface area contributed by atoms with Crippen LogP contribution in [-0.4, -0.2) is 5.97 Å². The minimum absolute atomic E-state index is 0.0584. The third-order valence-corrected chi connectivity index (χ3v) is 4.13. The number of carbonyl (C=O) groups excluding carboxylic acids is 1. The summed E-state index contributed by atoms with van der Waals surface area (Å²) in [4.78, 5) is 11.9. The Morgan fingerprint density at radius 2 is 1.65 bits per heavy atom. The smallest absolute Gasteiger partial charge is 0.314 e. The fraction of sp³-hybridized carbons (Fsp3) is 0.476. The molecule has 1 atom stereocenters. The van der Waals surface area contributed by atoms with Crippen LogP contribution in [0.25, 0.3) is 5.57 Å². The molecule has 1 aromatic rings. The molecule has 2 heteroatoms. The summed E-state index contributed by atoms with van der Waals surface area (Å²) in [5, 5.41) is 0. The zero-order chi connectivity index (χ0) is 17.6. The first-order valence-corrected chi connectivity index (χ1v) is 8.43. The molecular weight excluding hydrogens is 284 g/mol. The summed E-state index contributed by atoms with van der Waals surface area (Å²) in [5.41, 5.74) is 3.70. The van der Waals surface area contributed by atoms with Gasteiger partial charge in [0.2, 0.25) is 0 Å². The second-order valence-corrected chi connectivity index (χ2v) is 6.66. The Kier molecular flexibility index (Phi) is 6.80. The van der Waals surface area contributed by atoms with Crippen molar-refractivity contribution in [3.63, 3.8) is 0 Å². The fourth-order valence-corrected chi connectivity index (χ4v) is 2.29. The maximum Gasteiger partial charge on any atom is 0.314 e. The normalized spacial score (nSPS) is 19.5. The molecule has 0 amide bonds. The molecule has 23 heavy (non-hydrogen) atoms. The number of rotatable bonds is 4. The molecule has 1 saturated carbocycles. The zero-order valence-electron chi connectivity index (χ0n) is 15.6. The Hall–Kier alpha value is -1.83. The minimum Gasteiger partial charge on any atom is -0.431 e. The summed E-state index contributed by atoms with van der Waals surface area (Å²) >= 11 is 0. The molecule has 2 nitrogen and oxygen atoms in total. The van der Waals surface area contributed by atoms with Crippen LogP contribution in [0.3, 0.4) is 0 Å². The van der Waals surface area contributed by atoms with Crippen LogP contribution in [0, 0.1) is 18.3 Å². The Balaban J connectivity index is 0.00000127. The molecule has 0 bridgehead atoms. The maximum absolute atomic E-state index is 11.9. The third-order valence-electron chi connectivity index (χ3n) is 4.13. The molecule has 0 saturated heterocycles. The Morgan fingerprint density at radius 1 is 1.13 bits per heavy atom. The molecule has 0 aliphatic heterocycles. The first-order valence-electron chi connectivity index (χ1n) is 8.43. The van der Waals surface area contributed by atoms with Gasteiger partial charge in [0.1, 0.15) is 5.76 Å². The van der Waals surface area contributed by atoms with E-state index in [1.165, 1.54) is 11.1 Å². The third kappa shape index (κ3) is 5.70. The summed E-state index contributed by atoms with van der Waals surface area (Å²) in [7, 11) is 0. The zero-order valence-corrected chi connectivity index (χ0v) is 15.6. The van der Waals surface area contributed by atoms with Crippen LogP contribution in [-0.2, 0) is 9.53 Å². The fourth-order valence-electron chi connectivity index (χ4n) is 2.29. The van der Waals surface area contributed by atoms with Crippen LogP contribution < -0.4 is 0 Å². The van der Waals surface area contributed by atoms with Gasteiger partial charge in [-0.05, 0) is 49.8 Å². The molecule has 126 valence electrons. The van der Waals surface area contributed by atoms with Gasteiger partial charge in [0.25, 0.3) is 0 Å². The largest absolute Gasteiger partial charge is 0.431 e. The average Bonchev–Trinajstić information content (AvgIpc) is 3.16. The first-order chi connectivity index (χ1) is 10.8. The number of esters is 1. The molecule has 0 spiro atoms. The Morgan fingerprint density at radius 3 is 2.13 bits per heavy atom. The summed E-state index contributed by atoms with van der Waals surface area (Å²) < 4.78 is 5.39. The van der Waals surface area contributed by atoms with Gasteiger partial charge in [-0.2, -0.15) is 0 Å². The molecular formula is C21H30O2. The van der Waals surface area contributed by atoms with E-state index in [9.17, 15) is 4.79 Å². The van der Waals surface area contributed by atoms with E-state index >= 15 is 0 Å². The monoisotopic (exact) mass is 314 g/mol. The van der Waals surface area contributed by atoms with Crippen molar-refractivity contribution in [3.05, 3.63) is 53.3 Å². The van der Waals surface area contributed by atoms with E-state index in [-0.39, 0.29) is 17.3 Å². The van der Waals surface area contributed by atoms with Crippen molar-refractivity contribution in [1.82, 2.24) is 0 Å². The van der Waals surface area contributed by atoms with Crippen LogP contribution in [0.4, 0.5) is 0 Å². The van der Waals surface area contributed by atoms with Gasteiger partial charge < -0.3 is 4.74 Å². The lowest BCUT2D eigenvalue weighted by atomic mass is 10.1. The van der Waals surface area contributed by atoms with Crippen molar-refractivity contribution in [2.45, 2.75) is 54.9 Å². The highest BCUT2D eigenvalue weighted by molar-refractivity contribution is 5.77. The van der Waals surface area contributed by atoms with Crippen molar-refractivity contribution in [3.8, 4) is 0 Å². The van der Waals surface area contributed by atoms with Gasteiger partial charge in [-0.1, -0.05) is 63.6 Å². The molecule has 0 radical (unpaired) electrons. The number of hydrogen-bond acceptors (Lipinski definition) is 2. The lowest BCUT2D eigenvalue weighted by Crippen LogP contribution is -2.09. The van der Waals surface area contributed by atoms with Crippen LogP contribution in [0.2, 0.25) is 0 Å². The maximum atomic E-state index is 11.9. The van der Waals surface area contributed by atoms with Gasteiger partial charge >= 0.3 is 5.97 Å². The second kappa shape index (κ2) is 8.14. The van der Waals surface area contributed by atoms with Crippen LogP contribution >= 0.6 is 0 Å². The van der Waals surface area contributed by atoms with Gasteiger partial charge in [-0.25, -0.2) is 0 Å². The number of carbonyl (C=O) groups is 1. The van der Waals surface area contributed by atoms with Crippen LogP contribution in [0.5, 0.6) is 0 Å². The van der Waals surface area contributed by atoms with E-state index in [1.54, 1.807) is 0 Å². The summed E-state index contributed by atoms with van der Waals surface area (Å²) in [6.45, 7) is 14.1. The SMILES string of the molecule is C/C(=C\C=C(/C)c1ccc(C)cc1)OC(=O)C1CC1(C)C.CC. The molecule has 1 aromatic carbocycles. The first kappa shape index (κ1) is 19.2. The Labute approximate surface area is 141 Å². The van der Waals surface area contributed by atoms with Crippen molar-refractivity contribution < 1.29 is 9.53 Å². The number of hydrogen-bond donors (Lipinski definition) is 0. The molecule has 0 heterocycles. The van der Waals surface area contributed by atoms with Crippen LogP contribution in [0.1, 0.15) is 59.1 Å². The molecule has 1 fully saturated rings. The van der Waals surface area contributed by atoms with E-state index < -0.39 is 0 Å². The van der Waals surface area contributed by atoms with E-state index in [0.717, 1.165) is 12.0 Å². The Bertz CT molecular complexity index is 589. The minimum atomic E-state index is -0.102. The molecule has 2 rings (SSSR count). The molecule has 1 aliphatic rings. The van der Waals surface area contributed by atoms with Crippen molar-refractivity contribution in [2.24, 2.45) is 11.3 Å². The lowest BCUT2D eigenvalue weighted by Gasteiger charge is -2.05. The number of allylic oxidation sites excluding steroid dienone is 4. The molecule has 0 N–H and O–H groups in total. The van der Waals surface area contributed by atoms with Gasteiger partial charge in [-0.3, -0.25) is 4.79 Å². The lowest BCUT2D eigenvalue weighted by molar-refractivity contribution is -0.141. The van der Waals surface area contributed by atoms with Gasteiger partial charge in [0.15, 0.2) is 0 Å². The average molecular weight is 314 g/mol. The standard InChI is InChI=1S/C19H24O2.C2H6/c1-13-6-10-16(11-7-13)14(2)8-9-15(3)21-18(20)17-12-19(17,4)5;1-2/h6-11,17H,12H2,1-5H3;1-2H3/b14-8+,15-9+;. The highest BCUT2D eigenvalue weighted by atomic mass is 16.5. The van der Waals surface area contributed by atoms with Gasteiger partial charge in [0, 0.05) is 0 Å². The van der Waals surface area contributed by atoms with E-state index in [4.69, 9.17) is 4.74 Å². The van der Waals surface area contributed by atoms with Gasteiger partial charge in [-0.15, -0.1) is 0 Å². The summed E-state index contributed by atoms with van der Waals surface area (Å²) in [6.07, 6.45) is 4.78. The van der Waals surface area contributed by atoms with E-state index in [0.29, 0.717) is 5.76 Å². The van der Waals surface area contributed by atoms with Crippen molar-refractivity contribution in [2.75, 3.05) is 0 Å². The second-order valence-electron chi connectivity index (χ2n) is 6.66. The highest BCUT2D eigenvalue weighted by Gasteiger charge is 2.51. The number of benzene rings is 1. The van der Waals surface area contributed by atoms with Crippen molar-refractivity contribution in [1.29, 1.82) is 0 Å². The quantitative estimate of drug-likeness (QED) is 0.392. The molecule has 1 unspecified atom stereocenters. The van der Waals surface area contributed by atoms with E-state index in [1.807, 2.05) is 32.9 Å². The highest BCUT2D eigenvalue weighted by Crippen LogP contribution is 2.52.